The summed E-state index contributed by atoms with van der Waals surface area (Å²) in [4.78, 5) is 34.9. The van der Waals surface area contributed by atoms with Crippen LogP contribution in [0, 0.1) is 10.1 Å². The van der Waals surface area contributed by atoms with E-state index in [4.69, 9.17) is 4.52 Å². The Hall–Kier alpha value is -4.54. The van der Waals surface area contributed by atoms with Gasteiger partial charge in [0, 0.05) is 29.1 Å². The summed E-state index contributed by atoms with van der Waals surface area (Å²) in [6.07, 6.45) is 0. The van der Waals surface area contributed by atoms with E-state index in [9.17, 15) is 19.7 Å². The first-order chi connectivity index (χ1) is 14.0. The van der Waals surface area contributed by atoms with E-state index in [0.29, 0.717) is 11.3 Å². The molecule has 0 spiro atoms. The van der Waals surface area contributed by atoms with Crippen molar-refractivity contribution in [3.63, 3.8) is 0 Å². The number of aromatic amines is 1. The van der Waals surface area contributed by atoms with Crippen LogP contribution in [0.5, 0.6) is 0 Å². The third kappa shape index (κ3) is 3.51. The minimum Gasteiger partial charge on any atom is -0.355 e. The van der Waals surface area contributed by atoms with Gasteiger partial charge in [0.15, 0.2) is 17.1 Å². The number of aromatic nitrogens is 3. The summed E-state index contributed by atoms with van der Waals surface area (Å²) >= 11 is 0. The van der Waals surface area contributed by atoms with Crippen LogP contribution in [0.1, 0.15) is 21.0 Å². The highest BCUT2D eigenvalue weighted by molar-refractivity contribution is 6.06. The maximum Gasteiger partial charge on any atom is 0.291 e. The van der Waals surface area contributed by atoms with Crippen molar-refractivity contribution in [2.75, 3.05) is 0 Å². The Balaban J connectivity index is 1.47. The molecule has 0 bridgehead atoms. The lowest BCUT2D eigenvalue weighted by atomic mass is 10.1. The monoisotopic (exact) mass is 392 g/mol. The van der Waals surface area contributed by atoms with Crippen molar-refractivity contribution < 1.29 is 19.0 Å². The summed E-state index contributed by atoms with van der Waals surface area (Å²) in [6.45, 7) is 0. The quantitative estimate of drug-likeness (QED) is 0.355. The van der Waals surface area contributed by atoms with Gasteiger partial charge in [-0.05, 0) is 6.07 Å². The predicted molar refractivity (Wildman–Crippen MR) is 99.6 cm³/mol. The average molecular weight is 392 g/mol. The van der Waals surface area contributed by atoms with Gasteiger partial charge in [-0.15, -0.1) is 0 Å². The van der Waals surface area contributed by atoms with E-state index in [-0.39, 0.29) is 22.5 Å². The SMILES string of the molecule is O=C(NNC(=O)c1n[nH]c2ccc([N+](=O)[O-])cc12)c1cc(-c2ccccc2)on1. The van der Waals surface area contributed by atoms with E-state index in [1.54, 1.807) is 12.1 Å². The molecule has 0 fully saturated rings. The lowest BCUT2D eigenvalue weighted by molar-refractivity contribution is -0.384. The molecule has 11 nitrogen and oxygen atoms in total. The maximum atomic E-state index is 12.3. The predicted octanol–water partition coefficient (Wildman–Crippen LogP) is 2.20. The number of non-ortho nitro benzene ring substituents is 1. The van der Waals surface area contributed by atoms with Gasteiger partial charge in [0.1, 0.15) is 0 Å². The molecule has 0 saturated heterocycles. The highest BCUT2D eigenvalue weighted by Crippen LogP contribution is 2.22. The Morgan fingerprint density at radius 1 is 1.03 bits per heavy atom. The van der Waals surface area contributed by atoms with Crippen molar-refractivity contribution in [3.05, 3.63) is 76.1 Å². The Morgan fingerprint density at radius 3 is 2.55 bits per heavy atom. The number of nitrogens with zero attached hydrogens (tertiary/aromatic N) is 3. The second-order valence-corrected chi connectivity index (χ2v) is 5.91. The molecule has 3 N–H and O–H groups in total. The van der Waals surface area contributed by atoms with Crippen molar-refractivity contribution in [1.82, 2.24) is 26.2 Å². The van der Waals surface area contributed by atoms with Gasteiger partial charge in [0.2, 0.25) is 0 Å². The highest BCUT2D eigenvalue weighted by atomic mass is 16.6. The van der Waals surface area contributed by atoms with Crippen LogP contribution in [-0.2, 0) is 0 Å². The summed E-state index contributed by atoms with van der Waals surface area (Å²) in [5.74, 6) is -1.06. The molecular weight excluding hydrogens is 380 g/mol. The Bertz CT molecular complexity index is 1230. The normalized spacial score (nSPS) is 10.6. The number of carbonyl (C=O) groups excluding carboxylic acids is 2. The number of hydrogen-bond donors (Lipinski definition) is 3. The summed E-state index contributed by atoms with van der Waals surface area (Å²) in [6, 6.07) is 14.5. The van der Waals surface area contributed by atoms with E-state index < -0.39 is 16.7 Å². The van der Waals surface area contributed by atoms with E-state index in [0.717, 1.165) is 5.56 Å². The number of H-pyrrole nitrogens is 1. The molecule has 0 atom stereocenters. The number of nitro groups is 1. The Morgan fingerprint density at radius 2 is 1.79 bits per heavy atom. The minimum atomic E-state index is -0.753. The van der Waals surface area contributed by atoms with Gasteiger partial charge >= 0.3 is 0 Å². The van der Waals surface area contributed by atoms with Crippen molar-refractivity contribution in [1.29, 1.82) is 0 Å². The number of nitrogens with one attached hydrogen (secondary N) is 3. The second-order valence-electron chi connectivity index (χ2n) is 5.91. The van der Waals surface area contributed by atoms with E-state index >= 15 is 0 Å². The standard InChI is InChI=1S/C18H12N6O5/c25-17(14-9-15(29-23-14)10-4-2-1-3-5-10)21-22-18(26)16-12-8-11(24(27)28)6-7-13(12)19-20-16/h1-9H,(H,19,20)(H,21,25)(H,22,26). The fourth-order valence-electron chi connectivity index (χ4n) is 2.65. The first-order valence-electron chi connectivity index (χ1n) is 8.28. The largest absolute Gasteiger partial charge is 0.355 e. The van der Waals surface area contributed by atoms with Gasteiger partial charge in [-0.3, -0.25) is 35.7 Å². The lowest BCUT2D eigenvalue weighted by Crippen LogP contribution is -2.42. The van der Waals surface area contributed by atoms with E-state index in [1.165, 1.54) is 24.3 Å². The number of carbonyl (C=O) groups is 2. The molecule has 2 amide bonds. The molecule has 2 aromatic heterocycles. The van der Waals surface area contributed by atoms with Crippen LogP contribution in [0.25, 0.3) is 22.2 Å². The zero-order valence-corrected chi connectivity index (χ0v) is 14.6. The number of fused-ring (bicyclic) bond motifs is 1. The molecule has 2 heterocycles. The fourth-order valence-corrected chi connectivity index (χ4v) is 2.65. The van der Waals surface area contributed by atoms with Crippen LogP contribution < -0.4 is 10.9 Å². The van der Waals surface area contributed by atoms with Gasteiger partial charge in [0.25, 0.3) is 17.5 Å². The molecule has 4 aromatic rings. The third-order valence-corrected chi connectivity index (χ3v) is 4.06. The molecule has 0 radical (unpaired) electrons. The Kier molecular flexibility index (Phi) is 4.45. The van der Waals surface area contributed by atoms with Gasteiger partial charge < -0.3 is 4.52 Å². The van der Waals surface area contributed by atoms with Crippen molar-refractivity contribution >= 4 is 28.4 Å². The molecule has 0 aliphatic heterocycles. The number of nitro benzene ring substituents is 1. The van der Waals surface area contributed by atoms with Crippen LogP contribution in [0.3, 0.4) is 0 Å². The Labute approximate surface area is 161 Å². The first-order valence-corrected chi connectivity index (χ1v) is 8.28. The minimum absolute atomic E-state index is 0.0355. The van der Waals surface area contributed by atoms with Crippen LogP contribution >= 0.6 is 0 Å². The van der Waals surface area contributed by atoms with E-state index in [1.807, 2.05) is 18.2 Å². The molecule has 0 saturated carbocycles. The van der Waals surface area contributed by atoms with E-state index in [2.05, 4.69) is 26.2 Å². The second kappa shape index (κ2) is 7.23. The summed E-state index contributed by atoms with van der Waals surface area (Å²) in [7, 11) is 0. The van der Waals surface area contributed by atoms with Crippen molar-refractivity contribution in [2.24, 2.45) is 0 Å². The zero-order valence-electron chi connectivity index (χ0n) is 14.6. The molecule has 0 aliphatic carbocycles. The smallest absolute Gasteiger partial charge is 0.291 e. The number of hydrazine groups is 1. The summed E-state index contributed by atoms with van der Waals surface area (Å²) in [5.41, 5.74) is 5.26. The molecule has 11 heteroatoms. The summed E-state index contributed by atoms with van der Waals surface area (Å²) < 4.78 is 5.14. The van der Waals surface area contributed by atoms with Gasteiger partial charge in [0.05, 0.1) is 10.4 Å². The van der Waals surface area contributed by atoms with Crippen LogP contribution in [0.2, 0.25) is 0 Å². The molecule has 0 aliphatic rings. The van der Waals surface area contributed by atoms with Crippen molar-refractivity contribution in [3.8, 4) is 11.3 Å². The number of amides is 2. The lowest BCUT2D eigenvalue weighted by Gasteiger charge is -2.03. The third-order valence-electron chi connectivity index (χ3n) is 4.06. The number of rotatable bonds is 4. The first kappa shape index (κ1) is 17.9. The molecule has 2 aromatic carbocycles. The number of benzene rings is 2. The van der Waals surface area contributed by atoms with Crippen LogP contribution in [0.15, 0.2) is 59.1 Å². The molecule has 0 unspecified atom stereocenters. The molecular formula is C18H12N6O5. The van der Waals surface area contributed by atoms with Gasteiger partial charge in [-0.25, -0.2) is 0 Å². The topological polar surface area (TPSA) is 156 Å². The molecule has 4 rings (SSSR count). The van der Waals surface area contributed by atoms with Crippen LogP contribution in [0.4, 0.5) is 5.69 Å². The number of hydrogen-bond acceptors (Lipinski definition) is 7. The molecule has 29 heavy (non-hydrogen) atoms. The van der Waals surface area contributed by atoms with Gasteiger partial charge in [-0.2, -0.15) is 5.10 Å². The highest BCUT2D eigenvalue weighted by Gasteiger charge is 2.19. The zero-order chi connectivity index (χ0) is 20.4. The average Bonchev–Trinajstić information content (AvgIpc) is 3.39. The molecule has 144 valence electrons. The van der Waals surface area contributed by atoms with Gasteiger partial charge in [-0.1, -0.05) is 35.5 Å². The summed E-state index contributed by atoms with van der Waals surface area (Å²) in [5, 5.41) is 21.3. The van der Waals surface area contributed by atoms with Crippen molar-refractivity contribution in [2.45, 2.75) is 0 Å². The van der Waals surface area contributed by atoms with Crippen LogP contribution in [-0.4, -0.2) is 32.1 Å². The fraction of sp³-hybridized carbons (Fsp3) is 0. The maximum absolute atomic E-state index is 12.3.